The van der Waals surface area contributed by atoms with Gasteiger partial charge in [0.2, 0.25) is 0 Å². The third-order valence-corrected chi connectivity index (χ3v) is 4.50. The van der Waals surface area contributed by atoms with Gasteiger partial charge in [-0.05, 0) is 17.7 Å². The quantitative estimate of drug-likeness (QED) is 0.897. The smallest absolute Gasteiger partial charge is 0.349 e. The van der Waals surface area contributed by atoms with Gasteiger partial charge in [-0.25, -0.2) is 9.78 Å². The lowest BCUT2D eigenvalue weighted by Crippen LogP contribution is -2.15. The average molecular weight is 362 g/mol. The predicted molar refractivity (Wildman–Crippen MR) is 80.3 cm³/mol. The topological polar surface area (TPSA) is 53.4 Å². The van der Waals surface area contributed by atoms with Crippen LogP contribution in [-0.2, 0) is 6.54 Å². The summed E-state index contributed by atoms with van der Waals surface area (Å²) in [5, 5.41) is 9.57. The number of aromatic nitrogens is 1. The summed E-state index contributed by atoms with van der Waals surface area (Å²) < 4.78 is 1.02. The van der Waals surface area contributed by atoms with E-state index in [0.717, 1.165) is 21.4 Å². The summed E-state index contributed by atoms with van der Waals surface area (Å²) >= 11 is 10.2. The molecule has 1 heterocycles. The van der Waals surface area contributed by atoms with E-state index in [1.165, 1.54) is 0 Å². The first-order chi connectivity index (χ1) is 8.97. The molecule has 19 heavy (non-hydrogen) atoms. The number of rotatable bonds is 4. The third kappa shape index (κ3) is 3.46. The van der Waals surface area contributed by atoms with Gasteiger partial charge in [0.25, 0.3) is 0 Å². The van der Waals surface area contributed by atoms with E-state index in [9.17, 15) is 4.79 Å². The molecular weight excluding hydrogens is 352 g/mol. The van der Waals surface area contributed by atoms with E-state index in [1.54, 1.807) is 0 Å². The monoisotopic (exact) mass is 360 g/mol. The normalized spacial score (nSPS) is 10.5. The Morgan fingerprint density at radius 3 is 2.63 bits per heavy atom. The molecule has 0 saturated heterocycles. The molecule has 0 unspecified atom stereocenters. The molecule has 1 aromatic heterocycles. The summed E-state index contributed by atoms with van der Waals surface area (Å²) in [5.74, 6) is -1.05. The van der Waals surface area contributed by atoms with Gasteiger partial charge in [0.15, 0.2) is 15.2 Å². The van der Waals surface area contributed by atoms with Crippen molar-refractivity contribution in [1.29, 1.82) is 0 Å². The summed E-state index contributed by atoms with van der Waals surface area (Å²) in [6, 6.07) is 7.91. The van der Waals surface area contributed by atoms with E-state index >= 15 is 0 Å². The fourth-order valence-corrected chi connectivity index (χ4v) is 2.87. The van der Waals surface area contributed by atoms with Crippen molar-refractivity contribution in [3.63, 3.8) is 0 Å². The van der Waals surface area contributed by atoms with Crippen LogP contribution in [0.2, 0.25) is 5.15 Å². The fraction of sp³-hybridized carbons (Fsp3) is 0.167. The Hall–Kier alpha value is -1.11. The second-order valence-corrected chi connectivity index (χ2v) is 6.16. The van der Waals surface area contributed by atoms with Gasteiger partial charge in [0.05, 0.1) is 0 Å². The molecule has 2 aromatic rings. The minimum Gasteiger partial charge on any atom is -0.477 e. The first-order valence-corrected chi connectivity index (χ1v) is 7.31. The van der Waals surface area contributed by atoms with Gasteiger partial charge in [0.1, 0.15) is 0 Å². The molecule has 0 amide bonds. The van der Waals surface area contributed by atoms with Crippen LogP contribution in [-0.4, -0.2) is 23.1 Å². The minimum absolute atomic E-state index is 0.0372. The van der Waals surface area contributed by atoms with Gasteiger partial charge >= 0.3 is 5.97 Å². The maximum absolute atomic E-state index is 10.9. The first kappa shape index (κ1) is 14.3. The summed E-state index contributed by atoms with van der Waals surface area (Å²) in [5.41, 5.74) is 1.11. The number of carboxylic acid groups (broad SMARTS) is 1. The van der Waals surface area contributed by atoms with E-state index in [1.807, 2.05) is 36.2 Å². The van der Waals surface area contributed by atoms with Gasteiger partial charge in [-0.3, -0.25) is 0 Å². The van der Waals surface area contributed by atoms with E-state index in [2.05, 4.69) is 20.9 Å². The molecule has 0 spiro atoms. The number of carbonyl (C=O) groups is 1. The number of carboxylic acids is 1. The number of aromatic carboxylic acids is 1. The highest BCUT2D eigenvalue weighted by molar-refractivity contribution is 9.10. The molecule has 1 N–H and O–H groups in total. The molecule has 1 aromatic carbocycles. The van der Waals surface area contributed by atoms with Crippen LogP contribution in [0.1, 0.15) is 15.2 Å². The average Bonchev–Trinajstić information content (AvgIpc) is 2.74. The summed E-state index contributed by atoms with van der Waals surface area (Å²) in [6.45, 7) is 0.635. The zero-order chi connectivity index (χ0) is 14.0. The van der Waals surface area contributed by atoms with Crippen molar-refractivity contribution >= 4 is 50.0 Å². The number of thiazole rings is 1. The predicted octanol–water partition coefficient (Wildman–Crippen LogP) is 3.89. The number of hydrogen-bond donors (Lipinski definition) is 1. The van der Waals surface area contributed by atoms with Crippen molar-refractivity contribution in [1.82, 2.24) is 4.98 Å². The molecule has 0 bridgehead atoms. The maximum Gasteiger partial charge on any atom is 0.349 e. The highest BCUT2D eigenvalue weighted by atomic mass is 79.9. The number of anilines is 1. The largest absolute Gasteiger partial charge is 0.477 e. The van der Waals surface area contributed by atoms with E-state index < -0.39 is 5.97 Å². The molecule has 0 aliphatic carbocycles. The van der Waals surface area contributed by atoms with Crippen molar-refractivity contribution in [2.24, 2.45) is 0 Å². The molecule has 4 nitrogen and oxygen atoms in total. The second kappa shape index (κ2) is 5.90. The molecule has 0 radical (unpaired) electrons. The van der Waals surface area contributed by atoms with Crippen molar-refractivity contribution < 1.29 is 9.90 Å². The zero-order valence-corrected chi connectivity index (χ0v) is 13.1. The number of halogens is 2. The molecule has 0 atom stereocenters. The molecule has 100 valence electrons. The Labute approximate surface area is 127 Å². The summed E-state index contributed by atoms with van der Waals surface area (Å²) in [4.78, 5) is 16.9. The molecule has 0 aliphatic heterocycles. The van der Waals surface area contributed by atoms with Crippen LogP contribution in [0.25, 0.3) is 0 Å². The Bertz CT molecular complexity index is 600. The van der Waals surface area contributed by atoms with Crippen LogP contribution in [0.15, 0.2) is 28.7 Å². The van der Waals surface area contributed by atoms with Crippen molar-refractivity contribution in [3.05, 3.63) is 44.3 Å². The lowest BCUT2D eigenvalue weighted by Gasteiger charge is -2.15. The van der Waals surface area contributed by atoms with Crippen LogP contribution < -0.4 is 4.90 Å². The third-order valence-electron chi connectivity index (χ3n) is 2.43. The first-order valence-electron chi connectivity index (χ1n) is 5.32. The van der Waals surface area contributed by atoms with E-state index in [-0.39, 0.29) is 10.0 Å². The Morgan fingerprint density at radius 1 is 1.47 bits per heavy atom. The maximum atomic E-state index is 10.9. The lowest BCUT2D eigenvalue weighted by molar-refractivity contribution is 0.0702. The van der Waals surface area contributed by atoms with Crippen LogP contribution in [0, 0.1) is 0 Å². The number of benzene rings is 1. The van der Waals surface area contributed by atoms with Crippen molar-refractivity contribution in [2.45, 2.75) is 6.54 Å². The second-order valence-electron chi connectivity index (χ2n) is 3.90. The Morgan fingerprint density at radius 2 is 2.11 bits per heavy atom. The van der Waals surface area contributed by atoms with E-state index in [0.29, 0.717) is 11.7 Å². The van der Waals surface area contributed by atoms with Gasteiger partial charge in [-0.15, -0.1) is 0 Å². The zero-order valence-electron chi connectivity index (χ0n) is 9.93. The molecule has 2 rings (SSSR count). The Balaban J connectivity index is 2.15. The van der Waals surface area contributed by atoms with Crippen LogP contribution in [0.5, 0.6) is 0 Å². The van der Waals surface area contributed by atoms with Crippen LogP contribution in [0.4, 0.5) is 5.13 Å². The lowest BCUT2D eigenvalue weighted by atomic mass is 10.2. The van der Waals surface area contributed by atoms with Crippen molar-refractivity contribution in [2.75, 3.05) is 11.9 Å². The highest BCUT2D eigenvalue weighted by Crippen LogP contribution is 2.29. The molecular formula is C12H10BrClN2O2S. The fourth-order valence-electron chi connectivity index (χ4n) is 1.52. The van der Waals surface area contributed by atoms with Gasteiger partial charge in [-0.2, -0.15) is 0 Å². The van der Waals surface area contributed by atoms with Gasteiger partial charge in [-0.1, -0.05) is 51.0 Å². The SMILES string of the molecule is CN(Cc1ccc(Br)cc1)c1nc(Cl)c(C(=O)O)s1. The molecule has 7 heteroatoms. The van der Waals surface area contributed by atoms with Crippen LogP contribution in [0.3, 0.4) is 0 Å². The Kier molecular flexibility index (Phi) is 4.44. The summed E-state index contributed by atoms with van der Waals surface area (Å²) in [7, 11) is 1.85. The van der Waals surface area contributed by atoms with E-state index in [4.69, 9.17) is 16.7 Å². The standard InChI is InChI=1S/C12H10BrClN2O2S/c1-16(6-7-2-4-8(13)5-3-7)12-15-10(14)9(19-12)11(17)18/h2-5H,6H2,1H3,(H,17,18). The molecule has 0 aliphatic rings. The van der Waals surface area contributed by atoms with Gasteiger partial charge in [0, 0.05) is 18.1 Å². The highest BCUT2D eigenvalue weighted by Gasteiger charge is 2.17. The molecule has 0 fully saturated rings. The minimum atomic E-state index is -1.05. The van der Waals surface area contributed by atoms with Crippen LogP contribution >= 0.6 is 38.9 Å². The van der Waals surface area contributed by atoms with Gasteiger partial charge < -0.3 is 10.0 Å². The number of nitrogens with zero attached hydrogens (tertiary/aromatic N) is 2. The van der Waals surface area contributed by atoms with Crippen molar-refractivity contribution in [3.8, 4) is 0 Å². The molecule has 0 saturated carbocycles. The number of hydrogen-bond acceptors (Lipinski definition) is 4. The summed E-state index contributed by atoms with van der Waals surface area (Å²) in [6.07, 6.45) is 0.